The van der Waals surface area contributed by atoms with E-state index in [-0.39, 0.29) is 23.7 Å². The number of carbonyl (C=O) groups excluding carboxylic acids is 2. The summed E-state index contributed by atoms with van der Waals surface area (Å²) in [5.74, 6) is -0.0892. The van der Waals surface area contributed by atoms with Crippen LogP contribution in [0.5, 0.6) is 5.75 Å². The number of amides is 2. The highest BCUT2D eigenvalue weighted by Gasteiger charge is 2.31. The Morgan fingerprint density at radius 3 is 2.68 bits per heavy atom. The van der Waals surface area contributed by atoms with Gasteiger partial charge in [-0.15, -0.1) is 0 Å². The summed E-state index contributed by atoms with van der Waals surface area (Å²) in [6.45, 7) is 6.61. The predicted molar refractivity (Wildman–Crippen MR) is 141 cm³/mol. The minimum absolute atomic E-state index is 0.0486. The summed E-state index contributed by atoms with van der Waals surface area (Å²) < 4.78 is 29.0. The summed E-state index contributed by atoms with van der Waals surface area (Å²) in [5, 5.41) is 2.62. The Balaban J connectivity index is 1.40. The van der Waals surface area contributed by atoms with Gasteiger partial charge in [0, 0.05) is 43.9 Å². The van der Waals surface area contributed by atoms with Gasteiger partial charge in [-0.2, -0.15) is 0 Å². The summed E-state index contributed by atoms with van der Waals surface area (Å²) in [6, 6.07) is 8.78. The van der Waals surface area contributed by atoms with E-state index in [4.69, 9.17) is 9.47 Å². The second-order valence-corrected chi connectivity index (χ2v) is 11.1. The number of likely N-dealkylation sites (tertiary alicyclic amines) is 1. The lowest BCUT2D eigenvalue weighted by atomic mass is 9.96. The van der Waals surface area contributed by atoms with E-state index in [1.54, 1.807) is 42.4 Å². The summed E-state index contributed by atoms with van der Waals surface area (Å²) in [6.07, 6.45) is 2.21. The number of imidazole rings is 1. The number of hydrogen-bond acceptors (Lipinski definition) is 6. The predicted octanol–water partition coefficient (Wildman–Crippen LogP) is 5.45. The summed E-state index contributed by atoms with van der Waals surface area (Å²) >= 11 is 1.42. The number of fused-ring (bicyclic) bond motifs is 3. The van der Waals surface area contributed by atoms with Crippen LogP contribution in [0, 0.1) is 5.82 Å². The average molecular weight is 525 g/mol. The van der Waals surface area contributed by atoms with Gasteiger partial charge >= 0.3 is 6.09 Å². The Morgan fingerprint density at radius 1 is 1.22 bits per heavy atom. The first-order chi connectivity index (χ1) is 17.6. The van der Waals surface area contributed by atoms with Gasteiger partial charge in [0.2, 0.25) is 0 Å². The van der Waals surface area contributed by atoms with Crippen molar-refractivity contribution >= 4 is 38.5 Å². The van der Waals surface area contributed by atoms with Crippen LogP contribution in [0.25, 0.3) is 26.4 Å². The summed E-state index contributed by atoms with van der Waals surface area (Å²) in [7, 11) is 3.09. The number of carbonyl (C=O) groups is 2. The Hall–Kier alpha value is -3.66. The van der Waals surface area contributed by atoms with Crippen molar-refractivity contribution in [2.24, 2.45) is 0 Å². The Morgan fingerprint density at radius 2 is 2.00 bits per heavy atom. The fraction of sp³-hybridized carbons (Fsp3) is 0.370. The number of aromatic nitrogens is 2. The Kier molecular flexibility index (Phi) is 6.31. The standard InChI is InChI=1S/C27H29FN4O4S/c1-27(2,3)36-26(34)31-9-8-16(13-31)15-6-7-17(19(28)10-15)20-14-32-21-12-22(35-5)18(24(33)29-4)11-23(21)37-25(32)30-20/h6-7,10-12,14,16H,8-9,13H2,1-5H3,(H,29,33). The molecule has 37 heavy (non-hydrogen) atoms. The van der Waals surface area contributed by atoms with Gasteiger partial charge in [-0.25, -0.2) is 14.2 Å². The number of rotatable bonds is 4. The molecule has 0 spiro atoms. The second kappa shape index (κ2) is 9.33. The van der Waals surface area contributed by atoms with Gasteiger partial charge in [0.25, 0.3) is 5.91 Å². The first kappa shape index (κ1) is 25.0. The highest BCUT2D eigenvalue weighted by atomic mass is 32.1. The minimum Gasteiger partial charge on any atom is -0.496 e. The van der Waals surface area contributed by atoms with E-state index in [0.29, 0.717) is 40.6 Å². The number of nitrogens with one attached hydrogen (secondary N) is 1. The van der Waals surface area contributed by atoms with E-state index < -0.39 is 5.60 Å². The fourth-order valence-electron chi connectivity index (χ4n) is 4.65. The number of ether oxygens (including phenoxy) is 2. The molecule has 2 aromatic carbocycles. The molecule has 0 radical (unpaired) electrons. The zero-order chi connectivity index (χ0) is 26.5. The van der Waals surface area contributed by atoms with Gasteiger partial charge in [0.1, 0.15) is 17.2 Å². The molecule has 1 N–H and O–H groups in total. The smallest absolute Gasteiger partial charge is 0.410 e. The molecule has 0 bridgehead atoms. The monoisotopic (exact) mass is 524 g/mol. The quantitative estimate of drug-likeness (QED) is 0.384. The molecule has 1 unspecified atom stereocenters. The number of hydrogen-bond donors (Lipinski definition) is 1. The van der Waals surface area contributed by atoms with Gasteiger partial charge < -0.3 is 19.7 Å². The van der Waals surface area contributed by atoms with Crippen molar-refractivity contribution in [2.45, 2.75) is 38.7 Å². The first-order valence-electron chi connectivity index (χ1n) is 12.1. The van der Waals surface area contributed by atoms with Gasteiger partial charge in [-0.1, -0.05) is 17.4 Å². The molecule has 1 atom stereocenters. The van der Waals surface area contributed by atoms with Crippen LogP contribution in [-0.2, 0) is 4.74 Å². The molecule has 1 fully saturated rings. The van der Waals surface area contributed by atoms with Gasteiger partial charge in [0.15, 0.2) is 4.96 Å². The summed E-state index contributed by atoms with van der Waals surface area (Å²) in [4.78, 5) is 31.6. The van der Waals surface area contributed by atoms with Crippen molar-refractivity contribution in [1.29, 1.82) is 0 Å². The number of nitrogens with zero attached hydrogens (tertiary/aromatic N) is 3. The molecule has 8 nitrogen and oxygen atoms in total. The highest BCUT2D eigenvalue weighted by molar-refractivity contribution is 7.23. The topological polar surface area (TPSA) is 85.2 Å². The average Bonchev–Trinajstić information content (AvgIpc) is 3.56. The van der Waals surface area contributed by atoms with E-state index >= 15 is 4.39 Å². The highest BCUT2D eigenvalue weighted by Crippen LogP contribution is 2.36. The van der Waals surface area contributed by atoms with Crippen LogP contribution in [0.2, 0.25) is 0 Å². The third kappa shape index (κ3) is 4.73. The van der Waals surface area contributed by atoms with Crippen LogP contribution in [0.1, 0.15) is 49.0 Å². The maximum atomic E-state index is 15.3. The second-order valence-electron chi connectivity index (χ2n) is 10.1. The van der Waals surface area contributed by atoms with E-state index in [1.807, 2.05) is 31.2 Å². The van der Waals surface area contributed by atoms with Crippen LogP contribution >= 0.6 is 11.3 Å². The summed E-state index contributed by atoms with van der Waals surface area (Å²) in [5.41, 5.74) is 2.50. The van der Waals surface area contributed by atoms with Crippen LogP contribution in [-0.4, -0.2) is 59.1 Å². The molecule has 1 aliphatic rings. The zero-order valence-corrected chi connectivity index (χ0v) is 22.2. The fourth-order valence-corrected chi connectivity index (χ4v) is 5.68. The first-order valence-corrected chi connectivity index (χ1v) is 12.9. The van der Waals surface area contributed by atoms with E-state index in [2.05, 4.69) is 10.3 Å². The molecular formula is C27H29FN4O4S. The molecule has 3 heterocycles. The lowest BCUT2D eigenvalue weighted by Crippen LogP contribution is -2.35. The van der Waals surface area contributed by atoms with Gasteiger partial charge in [-0.3, -0.25) is 9.20 Å². The normalized spacial score (nSPS) is 15.9. The van der Waals surface area contributed by atoms with Gasteiger partial charge in [-0.05, 0) is 51.0 Å². The maximum Gasteiger partial charge on any atom is 0.410 e. The maximum absolute atomic E-state index is 15.3. The molecule has 0 saturated carbocycles. The molecule has 4 aromatic rings. The molecule has 194 valence electrons. The number of halogens is 1. The molecule has 2 amide bonds. The SMILES string of the molecule is CNC(=O)c1cc2sc3nc(-c4ccc(C5CCN(C(=O)OC(C)(C)C)C5)cc4F)cn3c2cc1OC. The van der Waals surface area contributed by atoms with Crippen molar-refractivity contribution < 1.29 is 23.5 Å². The molecule has 2 aromatic heterocycles. The van der Waals surface area contributed by atoms with Crippen LogP contribution in [0.15, 0.2) is 36.5 Å². The molecule has 5 rings (SSSR count). The lowest BCUT2D eigenvalue weighted by molar-refractivity contribution is 0.0292. The number of thiazole rings is 1. The molecular weight excluding hydrogens is 495 g/mol. The Labute approximate surface area is 218 Å². The lowest BCUT2D eigenvalue weighted by Gasteiger charge is -2.24. The van der Waals surface area contributed by atoms with Crippen molar-refractivity contribution in [3.8, 4) is 17.0 Å². The third-order valence-corrected chi connectivity index (χ3v) is 7.49. The van der Waals surface area contributed by atoms with E-state index in [1.165, 1.54) is 18.4 Å². The van der Waals surface area contributed by atoms with Crippen molar-refractivity contribution in [3.05, 3.63) is 53.5 Å². The minimum atomic E-state index is -0.551. The zero-order valence-electron chi connectivity index (χ0n) is 21.4. The Bertz CT molecular complexity index is 1520. The van der Waals surface area contributed by atoms with Crippen LogP contribution < -0.4 is 10.1 Å². The van der Waals surface area contributed by atoms with E-state index in [9.17, 15) is 9.59 Å². The molecule has 0 aliphatic carbocycles. The largest absolute Gasteiger partial charge is 0.496 e. The molecule has 1 saturated heterocycles. The van der Waals surface area contributed by atoms with Crippen molar-refractivity contribution in [3.63, 3.8) is 0 Å². The van der Waals surface area contributed by atoms with Crippen LogP contribution in [0.3, 0.4) is 0 Å². The molecule has 10 heteroatoms. The van der Waals surface area contributed by atoms with Crippen LogP contribution in [0.4, 0.5) is 9.18 Å². The van der Waals surface area contributed by atoms with Crippen molar-refractivity contribution in [1.82, 2.24) is 19.6 Å². The number of methoxy groups -OCH3 is 1. The van der Waals surface area contributed by atoms with E-state index in [0.717, 1.165) is 22.2 Å². The third-order valence-electron chi connectivity index (χ3n) is 6.47. The molecule has 1 aliphatic heterocycles. The van der Waals surface area contributed by atoms with Gasteiger partial charge in [0.05, 0.1) is 28.6 Å². The van der Waals surface area contributed by atoms with Crippen molar-refractivity contribution in [2.75, 3.05) is 27.2 Å². The number of benzene rings is 2.